The van der Waals surface area contributed by atoms with Gasteiger partial charge in [-0.2, -0.15) is 0 Å². The van der Waals surface area contributed by atoms with Crippen molar-refractivity contribution in [1.82, 2.24) is 5.32 Å². The van der Waals surface area contributed by atoms with Crippen LogP contribution in [-0.4, -0.2) is 26.8 Å². The van der Waals surface area contributed by atoms with Gasteiger partial charge in [-0.1, -0.05) is 6.42 Å². The van der Waals surface area contributed by atoms with Crippen LogP contribution >= 0.6 is 15.9 Å². The van der Waals surface area contributed by atoms with Crippen molar-refractivity contribution in [1.29, 1.82) is 0 Å². The largest absolute Gasteiger partial charge is 0.496 e. The Hall–Kier alpha value is -0.740. The van der Waals surface area contributed by atoms with E-state index in [0.29, 0.717) is 6.04 Å². The molecular formula is C15H22BrNO2. The first-order valence-corrected chi connectivity index (χ1v) is 7.60. The number of aryl methyl sites for hydroxylation is 1. The van der Waals surface area contributed by atoms with Gasteiger partial charge in [0, 0.05) is 11.6 Å². The summed E-state index contributed by atoms with van der Waals surface area (Å²) < 4.78 is 12.0. The SMILES string of the molecule is COc1cc(C)c(OC)c(Br)c1CC1CCCCN1. The predicted octanol–water partition coefficient (Wildman–Crippen LogP) is 3.46. The standard InChI is InChI=1S/C15H22BrNO2/c1-10-8-13(18-2)12(14(16)15(10)19-3)9-11-6-4-5-7-17-11/h8,11,17H,4-7,9H2,1-3H3. The third kappa shape index (κ3) is 3.23. The number of ether oxygens (including phenoxy) is 2. The summed E-state index contributed by atoms with van der Waals surface area (Å²) in [5.41, 5.74) is 2.29. The summed E-state index contributed by atoms with van der Waals surface area (Å²) >= 11 is 3.68. The molecule has 0 spiro atoms. The first-order chi connectivity index (χ1) is 9.17. The van der Waals surface area contributed by atoms with Gasteiger partial charge in [-0.05, 0) is 60.3 Å². The number of methoxy groups -OCH3 is 2. The lowest BCUT2D eigenvalue weighted by Crippen LogP contribution is -2.35. The Labute approximate surface area is 123 Å². The predicted molar refractivity (Wildman–Crippen MR) is 81.3 cm³/mol. The molecule has 106 valence electrons. The van der Waals surface area contributed by atoms with Crippen molar-refractivity contribution in [2.45, 2.75) is 38.6 Å². The fourth-order valence-electron chi connectivity index (χ4n) is 2.74. The molecule has 1 fully saturated rings. The maximum Gasteiger partial charge on any atom is 0.136 e. The smallest absolute Gasteiger partial charge is 0.136 e. The van der Waals surface area contributed by atoms with Gasteiger partial charge < -0.3 is 14.8 Å². The van der Waals surface area contributed by atoms with Crippen molar-refractivity contribution < 1.29 is 9.47 Å². The first kappa shape index (κ1) is 14.7. The Morgan fingerprint density at radius 2 is 2.11 bits per heavy atom. The molecule has 2 rings (SSSR count). The molecule has 4 heteroatoms. The Kier molecular flexibility index (Phi) is 5.11. The Morgan fingerprint density at radius 3 is 2.68 bits per heavy atom. The average Bonchev–Trinajstić information content (AvgIpc) is 2.43. The van der Waals surface area contributed by atoms with Crippen LogP contribution in [0.5, 0.6) is 11.5 Å². The number of hydrogen-bond acceptors (Lipinski definition) is 3. The van der Waals surface area contributed by atoms with E-state index >= 15 is 0 Å². The number of nitrogens with one attached hydrogen (secondary N) is 1. The van der Waals surface area contributed by atoms with Crippen LogP contribution in [0.4, 0.5) is 0 Å². The maximum absolute atomic E-state index is 5.53. The highest BCUT2D eigenvalue weighted by molar-refractivity contribution is 9.10. The summed E-state index contributed by atoms with van der Waals surface area (Å²) in [6.07, 6.45) is 4.79. The van der Waals surface area contributed by atoms with Crippen LogP contribution in [0.3, 0.4) is 0 Å². The van der Waals surface area contributed by atoms with Crippen LogP contribution in [0.15, 0.2) is 10.5 Å². The summed E-state index contributed by atoms with van der Waals surface area (Å²) in [6.45, 7) is 3.16. The molecule has 1 heterocycles. The Morgan fingerprint density at radius 1 is 1.32 bits per heavy atom. The Balaban J connectivity index is 2.31. The lowest BCUT2D eigenvalue weighted by Gasteiger charge is -2.25. The van der Waals surface area contributed by atoms with Crippen LogP contribution in [0, 0.1) is 6.92 Å². The number of hydrogen-bond donors (Lipinski definition) is 1. The van der Waals surface area contributed by atoms with E-state index in [-0.39, 0.29) is 0 Å². The highest BCUT2D eigenvalue weighted by Crippen LogP contribution is 2.39. The zero-order valence-electron chi connectivity index (χ0n) is 11.9. The molecule has 1 atom stereocenters. The second-order valence-corrected chi connectivity index (χ2v) is 5.87. The lowest BCUT2D eigenvalue weighted by atomic mass is 9.96. The van der Waals surface area contributed by atoms with Gasteiger partial charge in [0.25, 0.3) is 0 Å². The van der Waals surface area contributed by atoms with Crippen molar-refractivity contribution >= 4 is 15.9 Å². The van der Waals surface area contributed by atoms with Crippen LogP contribution in [-0.2, 0) is 6.42 Å². The molecule has 3 nitrogen and oxygen atoms in total. The third-order valence-corrected chi connectivity index (χ3v) is 4.59. The van der Waals surface area contributed by atoms with E-state index in [1.807, 2.05) is 6.92 Å². The zero-order chi connectivity index (χ0) is 13.8. The Bertz CT molecular complexity index is 442. The molecule has 19 heavy (non-hydrogen) atoms. The van der Waals surface area contributed by atoms with Gasteiger partial charge in [-0.15, -0.1) is 0 Å². The summed E-state index contributed by atoms with van der Waals surface area (Å²) in [4.78, 5) is 0. The molecule has 0 radical (unpaired) electrons. The number of halogens is 1. The van der Waals surface area contributed by atoms with Crippen molar-refractivity contribution in [3.05, 3.63) is 21.7 Å². The van der Waals surface area contributed by atoms with E-state index in [2.05, 4.69) is 27.3 Å². The average molecular weight is 328 g/mol. The van der Waals surface area contributed by atoms with Crippen LogP contribution in [0.1, 0.15) is 30.4 Å². The molecule has 1 unspecified atom stereocenters. The molecule has 1 aromatic carbocycles. The van der Waals surface area contributed by atoms with E-state index in [4.69, 9.17) is 9.47 Å². The second-order valence-electron chi connectivity index (χ2n) is 5.07. The van der Waals surface area contributed by atoms with E-state index in [9.17, 15) is 0 Å². The summed E-state index contributed by atoms with van der Waals surface area (Å²) in [7, 11) is 3.44. The normalized spacial score (nSPS) is 19.3. The van der Waals surface area contributed by atoms with Gasteiger partial charge in [0.05, 0.1) is 18.7 Å². The molecule has 1 saturated heterocycles. The number of piperidine rings is 1. The molecule has 0 aromatic heterocycles. The fourth-order valence-corrected chi connectivity index (χ4v) is 3.57. The minimum atomic E-state index is 0.534. The van der Waals surface area contributed by atoms with Crippen molar-refractivity contribution in [3.63, 3.8) is 0 Å². The van der Waals surface area contributed by atoms with Gasteiger partial charge >= 0.3 is 0 Å². The summed E-state index contributed by atoms with van der Waals surface area (Å²) in [5.74, 6) is 1.85. The third-order valence-electron chi connectivity index (χ3n) is 3.75. The van der Waals surface area contributed by atoms with E-state index in [0.717, 1.165) is 34.5 Å². The summed E-state index contributed by atoms with van der Waals surface area (Å²) in [5, 5.41) is 3.58. The van der Waals surface area contributed by atoms with E-state index < -0.39 is 0 Å². The molecule has 0 amide bonds. The lowest BCUT2D eigenvalue weighted by molar-refractivity contribution is 0.374. The molecule has 1 aliphatic rings. The minimum Gasteiger partial charge on any atom is -0.496 e. The van der Waals surface area contributed by atoms with Crippen LogP contribution in [0.2, 0.25) is 0 Å². The van der Waals surface area contributed by atoms with Gasteiger partial charge in [0.2, 0.25) is 0 Å². The first-order valence-electron chi connectivity index (χ1n) is 6.80. The second kappa shape index (κ2) is 6.62. The van der Waals surface area contributed by atoms with E-state index in [1.54, 1.807) is 14.2 Å². The number of rotatable bonds is 4. The van der Waals surface area contributed by atoms with Gasteiger partial charge in [-0.3, -0.25) is 0 Å². The minimum absolute atomic E-state index is 0.534. The monoisotopic (exact) mass is 327 g/mol. The highest BCUT2D eigenvalue weighted by Gasteiger charge is 2.20. The topological polar surface area (TPSA) is 30.5 Å². The molecule has 0 saturated carbocycles. The summed E-state index contributed by atoms with van der Waals surface area (Å²) in [6, 6.07) is 2.59. The van der Waals surface area contributed by atoms with Crippen LogP contribution in [0.25, 0.3) is 0 Å². The van der Waals surface area contributed by atoms with Crippen LogP contribution < -0.4 is 14.8 Å². The van der Waals surface area contributed by atoms with E-state index in [1.165, 1.54) is 24.8 Å². The van der Waals surface area contributed by atoms with Gasteiger partial charge in [0.1, 0.15) is 11.5 Å². The quantitative estimate of drug-likeness (QED) is 0.918. The molecule has 0 bridgehead atoms. The molecule has 1 N–H and O–H groups in total. The molecular weight excluding hydrogens is 306 g/mol. The molecule has 1 aliphatic heterocycles. The van der Waals surface area contributed by atoms with Gasteiger partial charge in [-0.25, -0.2) is 0 Å². The van der Waals surface area contributed by atoms with Gasteiger partial charge in [0.15, 0.2) is 0 Å². The van der Waals surface area contributed by atoms with Crippen molar-refractivity contribution in [3.8, 4) is 11.5 Å². The zero-order valence-corrected chi connectivity index (χ0v) is 13.5. The highest BCUT2D eigenvalue weighted by atomic mass is 79.9. The molecule has 1 aromatic rings. The fraction of sp³-hybridized carbons (Fsp3) is 0.600. The molecule has 0 aliphatic carbocycles. The number of benzene rings is 1. The maximum atomic E-state index is 5.53. The van der Waals surface area contributed by atoms with Crippen molar-refractivity contribution in [2.24, 2.45) is 0 Å². The van der Waals surface area contributed by atoms with Crippen molar-refractivity contribution in [2.75, 3.05) is 20.8 Å².